The van der Waals surface area contributed by atoms with E-state index >= 15 is 0 Å². The number of carbonyl (C=O) groups is 1. The standard InChI is InChI=1S/C15H30O3Si/c1-10(2)19(11(3)4,12(5)6)17-9-14-8-13(7)15(16)18-14/h10-14H,8-9H2,1-7H3/t13-,14+/m0/s1. The summed E-state index contributed by atoms with van der Waals surface area (Å²) in [4.78, 5) is 11.4. The summed E-state index contributed by atoms with van der Waals surface area (Å²) in [5.41, 5.74) is 1.71. The van der Waals surface area contributed by atoms with Gasteiger partial charge in [-0.25, -0.2) is 0 Å². The lowest BCUT2D eigenvalue weighted by molar-refractivity contribution is -0.144. The maximum atomic E-state index is 11.4. The third kappa shape index (κ3) is 3.40. The van der Waals surface area contributed by atoms with Crippen LogP contribution in [-0.2, 0) is 14.0 Å². The number of cyclic esters (lactones) is 1. The SMILES string of the molecule is CC(C)[Si](OC[C@H]1C[C@H](C)C(=O)O1)(C(C)C)C(C)C. The first-order valence-electron chi connectivity index (χ1n) is 7.56. The number of carbonyl (C=O) groups excluding carboxylic acids is 1. The zero-order valence-corrected chi connectivity index (χ0v) is 14.5. The third-order valence-corrected chi connectivity index (χ3v) is 10.6. The first kappa shape index (κ1) is 16.7. The van der Waals surface area contributed by atoms with Crippen molar-refractivity contribution in [1.29, 1.82) is 0 Å². The first-order valence-corrected chi connectivity index (χ1v) is 9.70. The highest BCUT2D eigenvalue weighted by molar-refractivity contribution is 6.77. The van der Waals surface area contributed by atoms with Crippen molar-refractivity contribution in [1.82, 2.24) is 0 Å². The first-order chi connectivity index (χ1) is 8.71. The molecule has 1 aliphatic heterocycles. The van der Waals surface area contributed by atoms with E-state index in [-0.39, 0.29) is 18.0 Å². The van der Waals surface area contributed by atoms with Crippen LogP contribution in [0.4, 0.5) is 0 Å². The van der Waals surface area contributed by atoms with Crippen LogP contribution in [0.2, 0.25) is 16.6 Å². The molecule has 0 aromatic heterocycles. The summed E-state index contributed by atoms with van der Waals surface area (Å²) in [5.74, 6) is -0.0404. The van der Waals surface area contributed by atoms with Gasteiger partial charge >= 0.3 is 5.97 Å². The Kier molecular flexibility index (Phi) is 5.62. The molecule has 1 rings (SSSR count). The minimum absolute atomic E-state index is 0.0295. The largest absolute Gasteiger partial charge is 0.460 e. The number of hydrogen-bond acceptors (Lipinski definition) is 3. The van der Waals surface area contributed by atoms with E-state index in [4.69, 9.17) is 9.16 Å². The van der Waals surface area contributed by atoms with Crippen molar-refractivity contribution in [2.24, 2.45) is 5.92 Å². The monoisotopic (exact) mass is 286 g/mol. The highest BCUT2D eigenvalue weighted by atomic mass is 28.4. The van der Waals surface area contributed by atoms with E-state index < -0.39 is 8.32 Å². The van der Waals surface area contributed by atoms with E-state index in [1.165, 1.54) is 0 Å². The van der Waals surface area contributed by atoms with Crippen LogP contribution >= 0.6 is 0 Å². The fourth-order valence-corrected chi connectivity index (χ4v) is 9.13. The molecule has 0 radical (unpaired) electrons. The van der Waals surface area contributed by atoms with Crippen LogP contribution in [0.5, 0.6) is 0 Å². The molecular weight excluding hydrogens is 256 g/mol. The van der Waals surface area contributed by atoms with Gasteiger partial charge in [0, 0.05) is 0 Å². The molecule has 1 heterocycles. The van der Waals surface area contributed by atoms with Gasteiger partial charge in [-0.2, -0.15) is 0 Å². The maximum absolute atomic E-state index is 11.4. The summed E-state index contributed by atoms with van der Waals surface area (Å²) in [6.07, 6.45) is 0.767. The molecule has 1 saturated heterocycles. The van der Waals surface area contributed by atoms with E-state index in [0.29, 0.717) is 23.2 Å². The molecule has 3 nitrogen and oxygen atoms in total. The molecule has 0 amide bonds. The van der Waals surface area contributed by atoms with Gasteiger partial charge in [0.2, 0.25) is 8.32 Å². The van der Waals surface area contributed by atoms with Gasteiger partial charge in [-0.1, -0.05) is 48.5 Å². The maximum Gasteiger partial charge on any atom is 0.309 e. The lowest BCUT2D eigenvalue weighted by Crippen LogP contribution is -2.49. The normalized spacial score (nSPS) is 24.6. The number of ether oxygens (including phenoxy) is 1. The van der Waals surface area contributed by atoms with Crippen LogP contribution in [0, 0.1) is 5.92 Å². The Labute approximate surface area is 119 Å². The molecule has 19 heavy (non-hydrogen) atoms. The predicted molar refractivity (Wildman–Crippen MR) is 80.7 cm³/mol. The highest BCUT2D eigenvalue weighted by Gasteiger charge is 2.46. The smallest absolute Gasteiger partial charge is 0.309 e. The Balaban J connectivity index is 2.72. The molecule has 4 heteroatoms. The summed E-state index contributed by atoms with van der Waals surface area (Å²) < 4.78 is 11.8. The van der Waals surface area contributed by atoms with Gasteiger partial charge in [0.05, 0.1) is 12.5 Å². The van der Waals surface area contributed by atoms with Crippen molar-refractivity contribution in [3.8, 4) is 0 Å². The zero-order valence-electron chi connectivity index (χ0n) is 13.5. The van der Waals surface area contributed by atoms with E-state index in [2.05, 4.69) is 41.5 Å². The molecule has 112 valence electrons. The number of hydrogen-bond donors (Lipinski definition) is 0. The molecule has 0 aliphatic carbocycles. The average Bonchev–Trinajstić information content (AvgIpc) is 2.57. The van der Waals surface area contributed by atoms with Gasteiger partial charge in [-0.05, 0) is 23.0 Å². The second-order valence-electron chi connectivity index (χ2n) is 6.82. The Morgan fingerprint density at radius 2 is 1.63 bits per heavy atom. The Bertz CT molecular complexity index is 291. The Morgan fingerprint density at radius 3 is 1.95 bits per heavy atom. The zero-order chi connectivity index (χ0) is 14.8. The summed E-state index contributed by atoms with van der Waals surface area (Å²) >= 11 is 0. The molecule has 0 spiro atoms. The third-order valence-electron chi connectivity index (χ3n) is 4.53. The molecule has 0 aromatic rings. The predicted octanol–water partition coefficient (Wildman–Crippen LogP) is 4.13. The molecule has 1 fully saturated rings. The number of esters is 1. The van der Waals surface area contributed by atoms with Gasteiger partial charge < -0.3 is 9.16 Å². The van der Waals surface area contributed by atoms with Gasteiger partial charge in [0.25, 0.3) is 0 Å². The van der Waals surface area contributed by atoms with Gasteiger partial charge in [0.1, 0.15) is 6.10 Å². The van der Waals surface area contributed by atoms with Crippen molar-refractivity contribution < 1.29 is 14.0 Å². The van der Waals surface area contributed by atoms with Crippen LogP contribution in [0.25, 0.3) is 0 Å². The summed E-state index contributed by atoms with van der Waals surface area (Å²) in [7, 11) is -1.83. The second-order valence-corrected chi connectivity index (χ2v) is 12.3. The van der Waals surface area contributed by atoms with Crippen LogP contribution in [0.15, 0.2) is 0 Å². The quantitative estimate of drug-likeness (QED) is 0.544. The van der Waals surface area contributed by atoms with Crippen LogP contribution in [-0.4, -0.2) is 27.0 Å². The lowest BCUT2D eigenvalue weighted by atomic mass is 10.1. The second kappa shape index (κ2) is 6.40. The van der Waals surface area contributed by atoms with Crippen molar-refractivity contribution >= 4 is 14.3 Å². The molecule has 0 saturated carbocycles. The topological polar surface area (TPSA) is 35.5 Å². The van der Waals surface area contributed by atoms with Crippen molar-refractivity contribution in [2.75, 3.05) is 6.61 Å². The molecular formula is C15H30O3Si. The van der Waals surface area contributed by atoms with Crippen LogP contribution in [0.1, 0.15) is 54.9 Å². The minimum Gasteiger partial charge on any atom is -0.460 e. The molecule has 2 atom stereocenters. The van der Waals surface area contributed by atoms with Gasteiger partial charge in [-0.3, -0.25) is 4.79 Å². The summed E-state index contributed by atoms with van der Waals surface area (Å²) in [6.45, 7) is 16.2. The lowest BCUT2D eigenvalue weighted by Gasteiger charge is -2.42. The van der Waals surface area contributed by atoms with E-state index in [0.717, 1.165) is 6.42 Å². The Morgan fingerprint density at radius 1 is 1.16 bits per heavy atom. The van der Waals surface area contributed by atoms with Gasteiger partial charge in [-0.15, -0.1) is 0 Å². The highest BCUT2D eigenvalue weighted by Crippen LogP contribution is 2.42. The van der Waals surface area contributed by atoms with Crippen LogP contribution in [0.3, 0.4) is 0 Å². The molecule has 0 aromatic carbocycles. The summed E-state index contributed by atoms with van der Waals surface area (Å²) in [6, 6.07) is 0. The van der Waals surface area contributed by atoms with Crippen molar-refractivity contribution in [2.45, 2.75) is 77.6 Å². The number of rotatable bonds is 6. The van der Waals surface area contributed by atoms with Crippen molar-refractivity contribution in [3.05, 3.63) is 0 Å². The van der Waals surface area contributed by atoms with Gasteiger partial charge in [0.15, 0.2) is 0 Å². The van der Waals surface area contributed by atoms with Crippen LogP contribution < -0.4 is 0 Å². The fraction of sp³-hybridized carbons (Fsp3) is 0.933. The average molecular weight is 286 g/mol. The fourth-order valence-electron chi connectivity index (χ4n) is 3.66. The van der Waals surface area contributed by atoms with E-state index in [1.54, 1.807) is 0 Å². The minimum atomic E-state index is -1.83. The van der Waals surface area contributed by atoms with Crippen molar-refractivity contribution in [3.63, 3.8) is 0 Å². The summed E-state index contributed by atoms with van der Waals surface area (Å²) in [5, 5.41) is 0. The van der Waals surface area contributed by atoms with E-state index in [9.17, 15) is 4.79 Å². The Hall–Kier alpha value is -0.353. The molecule has 1 aliphatic rings. The van der Waals surface area contributed by atoms with E-state index in [1.807, 2.05) is 6.92 Å². The molecule has 0 bridgehead atoms. The molecule has 0 unspecified atom stereocenters. The molecule has 0 N–H and O–H groups in total.